The van der Waals surface area contributed by atoms with Crippen LogP contribution in [0, 0.1) is 0 Å². The molecule has 0 aliphatic rings. The van der Waals surface area contributed by atoms with Gasteiger partial charge in [0.15, 0.2) is 0 Å². The molecule has 15 heavy (non-hydrogen) atoms. The van der Waals surface area contributed by atoms with Crippen molar-refractivity contribution in [2.24, 2.45) is 0 Å². The van der Waals surface area contributed by atoms with Crippen molar-refractivity contribution >= 4 is 0 Å². The minimum atomic E-state index is 1.06. The summed E-state index contributed by atoms with van der Waals surface area (Å²) in [5.41, 5.74) is 1.31. The smallest absolute Gasteiger partial charge is 0.0300 e. The molecule has 1 N–H and O–H groups in total. The molecule has 1 rings (SSSR count). The molecule has 1 aromatic heterocycles. The summed E-state index contributed by atoms with van der Waals surface area (Å²) in [6.45, 7) is 8.41. The van der Waals surface area contributed by atoms with E-state index in [2.05, 4.69) is 23.3 Å². The van der Waals surface area contributed by atoms with E-state index < -0.39 is 0 Å². The van der Waals surface area contributed by atoms with Crippen LogP contribution in [0.2, 0.25) is 0 Å². The molecular formula is C13H24N2. The Kier molecular flexibility index (Phi) is 10.5. The highest BCUT2D eigenvalue weighted by Crippen LogP contribution is 1.95. The average molecular weight is 208 g/mol. The van der Waals surface area contributed by atoms with Crippen molar-refractivity contribution in [3.05, 3.63) is 30.1 Å². The molecule has 0 saturated carbocycles. The first kappa shape index (κ1) is 14.1. The van der Waals surface area contributed by atoms with Gasteiger partial charge in [0.1, 0.15) is 0 Å². The first-order valence-electron chi connectivity index (χ1n) is 6.03. The van der Waals surface area contributed by atoms with Crippen molar-refractivity contribution in [3.8, 4) is 0 Å². The van der Waals surface area contributed by atoms with Crippen LogP contribution in [0.15, 0.2) is 24.5 Å². The van der Waals surface area contributed by atoms with Gasteiger partial charge in [-0.25, -0.2) is 0 Å². The standard InChI is InChI=1S/C11H18N2.C2H6/c1-2-3-7-12-9-6-11-5-4-8-13-10-11;1-2/h4-5,8,10,12H,2-3,6-7,9H2,1H3;1-2H3. The zero-order chi connectivity index (χ0) is 11.4. The van der Waals surface area contributed by atoms with Crippen molar-refractivity contribution < 1.29 is 0 Å². The molecule has 0 aliphatic heterocycles. The van der Waals surface area contributed by atoms with Gasteiger partial charge >= 0.3 is 0 Å². The Bertz CT molecular complexity index is 209. The van der Waals surface area contributed by atoms with Gasteiger partial charge in [0.05, 0.1) is 0 Å². The third kappa shape index (κ3) is 8.13. The molecule has 86 valence electrons. The fourth-order valence-corrected chi connectivity index (χ4v) is 1.21. The quantitative estimate of drug-likeness (QED) is 0.727. The second-order valence-corrected chi connectivity index (χ2v) is 3.21. The number of hydrogen-bond donors (Lipinski definition) is 1. The summed E-state index contributed by atoms with van der Waals surface area (Å²) in [6, 6.07) is 4.11. The van der Waals surface area contributed by atoms with E-state index in [1.165, 1.54) is 18.4 Å². The molecule has 0 saturated heterocycles. The van der Waals surface area contributed by atoms with Gasteiger partial charge in [0.25, 0.3) is 0 Å². The average Bonchev–Trinajstić information content (AvgIpc) is 2.33. The summed E-state index contributed by atoms with van der Waals surface area (Å²) < 4.78 is 0. The molecule has 1 aromatic rings. The van der Waals surface area contributed by atoms with Crippen molar-refractivity contribution in [3.63, 3.8) is 0 Å². The fraction of sp³-hybridized carbons (Fsp3) is 0.615. The third-order valence-corrected chi connectivity index (χ3v) is 2.02. The predicted molar refractivity (Wildman–Crippen MR) is 67.1 cm³/mol. The molecule has 2 heteroatoms. The van der Waals surface area contributed by atoms with Crippen molar-refractivity contribution in [2.45, 2.75) is 40.0 Å². The summed E-state index contributed by atoms with van der Waals surface area (Å²) in [7, 11) is 0. The van der Waals surface area contributed by atoms with E-state index in [-0.39, 0.29) is 0 Å². The molecule has 0 aliphatic carbocycles. The van der Waals surface area contributed by atoms with E-state index >= 15 is 0 Å². The number of unbranched alkanes of at least 4 members (excludes halogenated alkanes) is 1. The van der Waals surface area contributed by atoms with Gasteiger partial charge in [-0.15, -0.1) is 0 Å². The van der Waals surface area contributed by atoms with Crippen LogP contribution in [0.1, 0.15) is 39.2 Å². The van der Waals surface area contributed by atoms with Gasteiger partial charge < -0.3 is 5.32 Å². The summed E-state index contributed by atoms with van der Waals surface area (Å²) in [4.78, 5) is 4.07. The molecule has 0 bridgehead atoms. The fourth-order valence-electron chi connectivity index (χ4n) is 1.21. The van der Waals surface area contributed by atoms with Gasteiger partial charge in [0.2, 0.25) is 0 Å². The minimum Gasteiger partial charge on any atom is -0.316 e. The molecule has 0 unspecified atom stereocenters. The van der Waals surface area contributed by atoms with Gasteiger partial charge in [-0.3, -0.25) is 4.98 Å². The van der Waals surface area contributed by atoms with Crippen molar-refractivity contribution in [2.75, 3.05) is 13.1 Å². The zero-order valence-corrected chi connectivity index (χ0v) is 10.3. The van der Waals surface area contributed by atoms with Crippen LogP contribution < -0.4 is 5.32 Å². The predicted octanol–water partition coefficient (Wildman–Crippen LogP) is 3.04. The summed E-state index contributed by atoms with van der Waals surface area (Å²) >= 11 is 0. The first-order chi connectivity index (χ1) is 7.43. The lowest BCUT2D eigenvalue weighted by molar-refractivity contribution is 0.639. The van der Waals surface area contributed by atoms with E-state index in [1.807, 2.05) is 32.3 Å². The molecular weight excluding hydrogens is 184 g/mol. The monoisotopic (exact) mass is 208 g/mol. The molecule has 0 aromatic carbocycles. The Labute approximate surface area is 94.1 Å². The normalized spacial score (nSPS) is 9.27. The Morgan fingerprint density at radius 3 is 2.67 bits per heavy atom. The first-order valence-corrected chi connectivity index (χ1v) is 6.03. The highest BCUT2D eigenvalue weighted by atomic mass is 14.8. The van der Waals surface area contributed by atoms with Crippen LogP contribution in [-0.4, -0.2) is 18.1 Å². The summed E-state index contributed by atoms with van der Waals surface area (Å²) in [5, 5.41) is 3.41. The molecule has 0 radical (unpaired) electrons. The highest BCUT2D eigenvalue weighted by molar-refractivity contribution is 5.08. The number of aromatic nitrogens is 1. The Morgan fingerprint density at radius 1 is 1.27 bits per heavy atom. The minimum absolute atomic E-state index is 1.06. The Balaban J connectivity index is 0.000000921. The maximum Gasteiger partial charge on any atom is 0.0300 e. The molecule has 0 atom stereocenters. The second kappa shape index (κ2) is 11.2. The van der Waals surface area contributed by atoms with Crippen molar-refractivity contribution in [1.82, 2.24) is 10.3 Å². The summed E-state index contributed by atoms with van der Waals surface area (Å²) in [6.07, 6.45) is 7.36. The molecule has 0 fully saturated rings. The number of rotatable bonds is 6. The number of nitrogens with zero attached hydrogens (tertiary/aromatic N) is 1. The van der Waals surface area contributed by atoms with Gasteiger partial charge in [0, 0.05) is 12.4 Å². The Hall–Kier alpha value is -0.890. The SMILES string of the molecule is CC.CCCCNCCc1cccnc1. The maximum atomic E-state index is 4.07. The zero-order valence-electron chi connectivity index (χ0n) is 10.3. The van der Waals surface area contributed by atoms with Crippen LogP contribution in [0.25, 0.3) is 0 Å². The van der Waals surface area contributed by atoms with Crippen LogP contribution in [0.4, 0.5) is 0 Å². The van der Waals surface area contributed by atoms with E-state index in [4.69, 9.17) is 0 Å². The molecule has 1 heterocycles. The lowest BCUT2D eigenvalue weighted by atomic mass is 10.2. The number of hydrogen-bond acceptors (Lipinski definition) is 2. The number of nitrogens with one attached hydrogen (secondary N) is 1. The highest BCUT2D eigenvalue weighted by Gasteiger charge is 1.90. The lowest BCUT2D eigenvalue weighted by Crippen LogP contribution is -2.18. The van der Waals surface area contributed by atoms with Crippen LogP contribution in [0.3, 0.4) is 0 Å². The van der Waals surface area contributed by atoms with Crippen LogP contribution >= 0.6 is 0 Å². The van der Waals surface area contributed by atoms with Gasteiger partial charge in [-0.1, -0.05) is 33.3 Å². The summed E-state index contributed by atoms with van der Waals surface area (Å²) in [5.74, 6) is 0. The topological polar surface area (TPSA) is 24.9 Å². The lowest BCUT2D eigenvalue weighted by Gasteiger charge is -2.02. The largest absolute Gasteiger partial charge is 0.316 e. The Morgan fingerprint density at radius 2 is 2.07 bits per heavy atom. The van der Waals surface area contributed by atoms with Crippen LogP contribution in [0.5, 0.6) is 0 Å². The second-order valence-electron chi connectivity index (χ2n) is 3.21. The molecule has 0 spiro atoms. The third-order valence-electron chi connectivity index (χ3n) is 2.02. The molecule has 0 amide bonds. The van der Waals surface area contributed by atoms with E-state index in [1.54, 1.807) is 0 Å². The van der Waals surface area contributed by atoms with Crippen molar-refractivity contribution in [1.29, 1.82) is 0 Å². The van der Waals surface area contributed by atoms with E-state index in [0.717, 1.165) is 19.5 Å². The molecule has 2 nitrogen and oxygen atoms in total. The number of pyridine rings is 1. The van der Waals surface area contributed by atoms with Crippen LogP contribution in [-0.2, 0) is 6.42 Å². The van der Waals surface area contributed by atoms with Gasteiger partial charge in [-0.2, -0.15) is 0 Å². The van der Waals surface area contributed by atoms with E-state index in [9.17, 15) is 0 Å². The van der Waals surface area contributed by atoms with Gasteiger partial charge in [-0.05, 0) is 37.6 Å². The maximum absolute atomic E-state index is 4.07. The van der Waals surface area contributed by atoms with E-state index in [0.29, 0.717) is 0 Å².